The Kier molecular flexibility index (Phi) is 9.65. The van der Waals surface area contributed by atoms with Crippen molar-refractivity contribution in [1.82, 2.24) is 5.32 Å². The lowest BCUT2D eigenvalue weighted by molar-refractivity contribution is 0.312. The van der Waals surface area contributed by atoms with E-state index in [1.54, 1.807) is 0 Å². The molecule has 1 aliphatic rings. The van der Waals surface area contributed by atoms with Crippen LogP contribution in [0.4, 0.5) is 0 Å². The molecule has 1 nitrogen and oxygen atoms in total. The van der Waals surface area contributed by atoms with E-state index in [1.807, 2.05) is 0 Å². The van der Waals surface area contributed by atoms with Gasteiger partial charge in [-0.05, 0) is 25.7 Å². The molecule has 1 rings (SSSR count). The molecule has 1 saturated carbocycles. The minimum absolute atomic E-state index is 0.805. The Balaban J connectivity index is 2.12. The van der Waals surface area contributed by atoms with Gasteiger partial charge in [-0.1, -0.05) is 71.6 Å². The molecule has 0 spiro atoms. The smallest absolute Gasteiger partial charge is 0.00696 e. The highest BCUT2D eigenvalue weighted by molar-refractivity contribution is 4.77. The van der Waals surface area contributed by atoms with Crippen molar-refractivity contribution in [3.63, 3.8) is 0 Å². The highest BCUT2D eigenvalue weighted by Crippen LogP contribution is 2.20. The van der Waals surface area contributed by atoms with Gasteiger partial charge >= 0.3 is 0 Å². The minimum atomic E-state index is 0.805. The summed E-state index contributed by atoms with van der Waals surface area (Å²) in [5, 5.41) is 3.95. The van der Waals surface area contributed by atoms with Gasteiger partial charge in [-0.3, -0.25) is 0 Å². The quantitative estimate of drug-likeness (QED) is 0.511. The van der Waals surface area contributed by atoms with Gasteiger partial charge in [0, 0.05) is 12.1 Å². The summed E-state index contributed by atoms with van der Waals surface area (Å²) in [6.45, 7) is 4.62. The van der Waals surface area contributed by atoms with Gasteiger partial charge in [0.25, 0.3) is 0 Å². The molecule has 1 N–H and O–H groups in total. The fourth-order valence-corrected chi connectivity index (χ4v) is 3.26. The number of unbranched alkanes of at least 4 members (excludes halogenated alkanes) is 4. The van der Waals surface area contributed by atoms with E-state index in [0.717, 1.165) is 12.1 Å². The largest absolute Gasteiger partial charge is 0.311 e. The highest BCUT2D eigenvalue weighted by Gasteiger charge is 2.16. The highest BCUT2D eigenvalue weighted by atomic mass is 14.9. The second kappa shape index (κ2) is 10.8. The average Bonchev–Trinajstić information content (AvgIpc) is 2.40. The molecule has 1 atom stereocenters. The molecule has 0 aromatic carbocycles. The molecule has 0 radical (unpaired) electrons. The second-order valence-electron chi connectivity index (χ2n) is 6.19. The number of nitrogens with one attached hydrogen (secondary N) is 1. The third-order valence-corrected chi connectivity index (χ3v) is 4.37. The van der Waals surface area contributed by atoms with Crippen LogP contribution in [0.3, 0.4) is 0 Å². The van der Waals surface area contributed by atoms with Crippen LogP contribution in [-0.4, -0.2) is 12.1 Å². The molecule has 108 valence electrons. The summed E-state index contributed by atoms with van der Waals surface area (Å²) < 4.78 is 0. The summed E-state index contributed by atoms with van der Waals surface area (Å²) in [6.07, 6.45) is 18.5. The lowest BCUT2D eigenvalue weighted by Gasteiger charge is -2.28. The molecule has 0 heterocycles. The number of hydrogen-bond donors (Lipinski definition) is 1. The van der Waals surface area contributed by atoms with Crippen LogP contribution in [0.2, 0.25) is 0 Å². The maximum absolute atomic E-state index is 3.95. The Labute approximate surface area is 115 Å². The van der Waals surface area contributed by atoms with Crippen LogP contribution in [0.1, 0.15) is 97.3 Å². The predicted molar refractivity (Wildman–Crippen MR) is 82.1 cm³/mol. The van der Waals surface area contributed by atoms with Crippen molar-refractivity contribution in [3.8, 4) is 0 Å². The minimum Gasteiger partial charge on any atom is -0.311 e. The first-order valence-corrected chi connectivity index (χ1v) is 8.62. The molecule has 1 fully saturated rings. The summed E-state index contributed by atoms with van der Waals surface area (Å²) >= 11 is 0. The fourth-order valence-electron chi connectivity index (χ4n) is 3.26. The number of rotatable bonds is 10. The van der Waals surface area contributed by atoms with Gasteiger partial charge in [0.15, 0.2) is 0 Å². The van der Waals surface area contributed by atoms with E-state index in [-0.39, 0.29) is 0 Å². The Morgan fingerprint density at radius 1 is 0.833 bits per heavy atom. The lowest BCUT2D eigenvalue weighted by Crippen LogP contribution is -2.39. The van der Waals surface area contributed by atoms with Crippen molar-refractivity contribution in [2.45, 2.75) is 109 Å². The third kappa shape index (κ3) is 7.41. The first-order valence-electron chi connectivity index (χ1n) is 8.62. The van der Waals surface area contributed by atoms with Crippen molar-refractivity contribution in [3.05, 3.63) is 0 Å². The SMILES string of the molecule is CCCCCCCC(CCC)NC1CCCCC1. The van der Waals surface area contributed by atoms with Crippen molar-refractivity contribution in [1.29, 1.82) is 0 Å². The van der Waals surface area contributed by atoms with Crippen LogP contribution < -0.4 is 5.32 Å². The molecule has 1 unspecified atom stereocenters. The zero-order valence-corrected chi connectivity index (χ0v) is 12.8. The van der Waals surface area contributed by atoms with Gasteiger partial charge in [0.1, 0.15) is 0 Å². The molecule has 0 saturated heterocycles. The van der Waals surface area contributed by atoms with Crippen LogP contribution in [0.15, 0.2) is 0 Å². The molecule has 18 heavy (non-hydrogen) atoms. The van der Waals surface area contributed by atoms with Gasteiger partial charge in [-0.25, -0.2) is 0 Å². The Morgan fingerprint density at radius 3 is 2.22 bits per heavy atom. The molecule has 0 aliphatic heterocycles. The molecule has 0 bridgehead atoms. The van der Waals surface area contributed by atoms with Crippen molar-refractivity contribution >= 4 is 0 Å². The van der Waals surface area contributed by atoms with Gasteiger partial charge < -0.3 is 5.32 Å². The topological polar surface area (TPSA) is 12.0 Å². The van der Waals surface area contributed by atoms with Crippen LogP contribution in [0.25, 0.3) is 0 Å². The van der Waals surface area contributed by atoms with E-state index < -0.39 is 0 Å². The normalized spacial score (nSPS) is 19.0. The lowest BCUT2D eigenvalue weighted by atomic mass is 9.93. The van der Waals surface area contributed by atoms with E-state index in [0.29, 0.717) is 0 Å². The second-order valence-corrected chi connectivity index (χ2v) is 6.19. The molecule has 1 aliphatic carbocycles. The molecular formula is C17H35N. The van der Waals surface area contributed by atoms with Crippen molar-refractivity contribution in [2.24, 2.45) is 0 Å². The summed E-state index contributed by atoms with van der Waals surface area (Å²) in [4.78, 5) is 0. The monoisotopic (exact) mass is 253 g/mol. The maximum atomic E-state index is 3.95. The summed E-state index contributed by atoms with van der Waals surface area (Å²) in [5.74, 6) is 0. The Morgan fingerprint density at radius 2 is 1.56 bits per heavy atom. The van der Waals surface area contributed by atoms with Gasteiger partial charge in [-0.2, -0.15) is 0 Å². The summed E-state index contributed by atoms with van der Waals surface area (Å²) in [7, 11) is 0. The zero-order valence-electron chi connectivity index (χ0n) is 12.8. The number of hydrogen-bond acceptors (Lipinski definition) is 1. The predicted octanol–water partition coefficient (Wildman–Crippen LogP) is 5.44. The van der Waals surface area contributed by atoms with E-state index in [9.17, 15) is 0 Å². The van der Waals surface area contributed by atoms with E-state index in [4.69, 9.17) is 0 Å². The zero-order chi connectivity index (χ0) is 13.1. The maximum Gasteiger partial charge on any atom is 0.00696 e. The molecular weight excluding hydrogens is 218 g/mol. The van der Waals surface area contributed by atoms with E-state index in [1.165, 1.54) is 83.5 Å². The molecule has 0 amide bonds. The average molecular weight is 253 g/mol. The van der Waals surface area contributed by atoms with Crippen LogP contribution >= 0.6 is 0 Å². The first kappa shape index (κ1) is 16.0. The molecule has 1 heteroatoms. The third-order valence-electron chi connectivity index (χ3n) is 4.37. The fraction of sp³-hybridized carbons (Fsp3) is 1.00. The van der Waals surface area contributed by atoms with E-state index >= 15 is 0 Å². The standard InChI is InChI=1S/C17H35N/c1-3-5-6-7-9-13-16(12-4-2)18-17-14-10-8-11-15-17/h16-18H,3-15H2,1-2H3. The van der Waals surface area contributed by atoms with Gasteiger partial charge in [-0.15, -0.1) is 0 Å². The van der Waals surface area contributed by atoms with Crippen LogP contribution in [-0.2, 0) is 0 Å². The van der Waals surface area contributed by atoms with Crippen molar-refractivity contribution in [2.75, 3.05) is 0 Å². The van der Waals surface area contributed by atoms with Gasteiger partial charge in [0.05, 0.1) is 0 Å². The van der Waals surface area contributed by atoms with Gasteiger partial charge in [0.2, 0.25) is 0 Å². The molecule has 0 aromatic rings. The first-order chi connectivity index (χ1) is 8.86. The Bertz CT molecular complexity index is 172. The van der Waals surface area contributed by atoms with Crippen molar-refractivity contribution < 1.29 is 0 Å². The Hall–Kier alpha value is -0.0400. The van der Waals surface area contributed by atoms with Crippen LogP contribution in [0.5, 0.6) is 0 Å². The summed E-state index contributed by atoms with van der Waals surface area (Å²) in [6, 6.07) is 1.64. The van der Waals surface area contributed by atoms with E-state index in [2.05, 4.69) is 19.2 Å². The summed E-state index contributed by atoms with van der Waals surface area (Å²) in [5.41, 5.74) is 0. The molecule has 0 aromatic heterocycles. The van der Waals surface area contributed by atoms with Crippen LogP contribution in [0, 0.1) is 0 Å².